The molecule has 4 heteroatoms. The van der Waals surface area contributed by atoms with E-state index in [1.54, 1.807) is 19.2 Å². The molecule has 0 amide bonds. The van der Waals surface area contributed by atoms with E-state index in [-0.39, 0.29) is 0 Å². The fourth-order valence-corrected chi connectivity index (χ4v) is 0.884. The number of hydrogen-bond acceptors (Lipinski definition) is 4. The van der Waals surface area contributed by atoms with Crippen molar-refractivity contribution in [3.63, 3.8) is 0 Å². The number of ether oxygens (including phenoxy) is 1. The molecule has 0 aliphatic carbocycles. The van der Waals surface area contributed by atoms with Gasteiger partial charge in [-0.1, -0.05) is 6.07 Å². The number of rotatable bonds is 3. The van der Waals surface area contributed by atoms with E-state index in [9.17, 15) is 0 Å². The number of benzene rings is 1. The van der Waals surface area contributed by atoms with Crippen molar-refractivity contribution >= 4 is 5.69 Å². The molecule has 1 aromatic carbocycles. The van der Waals surface area contributed by atoms with Crippen molar-refractivity contribution in [2.45, 2.75) is 6.35 Å². The Kier molecular flexibility index (Phi) is 2.90. The summed E-state index contributed by atoms with van der Waals surface area (Å²) in [7, 11) is 1.58. The van der Waals surface area contributed by atoms with Crippen LogP contribution in [0.15, 0.2) is 24.3 Å². The van der Waals surface area contributed by atoms with Gasteiger partial charge in [-0.25, -0.2) is 0 Å². The van der Waals surface area contributed by atoms with E-state index in [4.69, 9.17) is 15.6 Å². The van der Waals surface area contributed by atoms with Crippen molar-refractivity contribution in [3.05, 3.63) is 24.3 Å². The first-order chi connectivity index (χ1) is 5.72. The van der Waals surface area contributed by atoms with Crippen molar-refractivity contribution in [1.29, 1.82) is 0 Å². The third kappa shape index (κ3) is 2.41. The lowest BCUT2D eigenvalue weighted by atomic mass is 10.3. The van der Waals surface area contributed by atoms with Crippen molar-refractivity contribution < 1.29 is 9.84 Å². The summed E-state index contributed by atoms with van der Waals surface area (Å²) in [6, 6.07) is 7.16. The Labute approximate surface area is 71.0 Å². The van der Waals surface area contributed by atoms with Crippen LogP contribution in [-0.2, 0) is 0 Å². The summed E-state index contributed by atoms with van der Waals surface area (Å²) in [6.45, 7) is 0. The average molecular weight is 168 g/mol. The van der Waals surface area contributed by atoms with Gasteiger partial charge in [-0.05, 0) is 12.1 Å². The van der Waals surface area contributed by atoms with Crippen LogP contribution in [0.25, 0.3) is 0 Å². The summed E-state index contributed by atoms with van der Waals surface area (Å²) >= 11 is 0. The van der Waals surface area contributed by atoms with Gasteiger partial charge in [-0.3, -0.25) is 5.73 Å². The molecular formula is C8H12N2O2. The molecule has 1 rings (SSSR count). The molecule has 0 spiro atoms. The largest absolute Gasteiger partial charge is 0.497 e. The maximum absolute atomic E-state index is 8.80. The number of hydrogen-bond donors (Lipinski definition) is 3. The molecule has 0 aliphatic heterocycles. The molecule has 0 saturated heterocycles. The zero-order valence-electron chi connectivity index (χ0n) is 6.82. The average Bonchev–Trinajstić information content (AvgIpc) is 2.03. The Morgan fingerprint density at radius 1 is 1.58 bits per heavy atom. The number of aliphatic hydroxyl groups is 1. The lowest BCUT2D eigenvalue weighted by Crippen LogP contribution is -2.28. The lowest BCUT2D eigenvalue weighted by Gasteiger charge is -2.09. The van der Waals surface area contributed by atoms with Gasteiger partial charge < -0.3 is 15.2 Å². The molecule has 0 aliphatic rings. The van der Waals surface area contributed by atoms with Gasteiger partial charge in [-0.2, -0.15) is 0 Å². The van der Waals surface area contributed by atoms with Gasteiger partial charge in [0.15, 0.2) is 6.35 Å². The number of nitrogens with two attached hydrogens (primary N) is 1. The number of methoxy groups -OCH3 is 1. The fraction of sp³-hybridized carbons (Fsp3) is 0.250. The molecule has 0 aromatic heterocycles. The molecule has 66 valence electrons. The minimum absolute atomic E-state index is 0.723. The van der Waals surface area contributed by atoms with E-state index in [0.717, 1.165) is 11.4 Å². The topological polar surface area (TPSA) is 67.5 Å². The molecule has 0 saturated carbocycles. The predicted molar refractivity (Wildman–Crippen MR) is 46.8 cm³/mol. The van der Waals surface area contributed by atoms with Crippen LogP contribution in [0, 0.1) is 0 Å². The highest BCUT2D eigenvalue weighted by Gasteiger charge is 1.97. The highest BCUT2D eigenvalue weighted by atomic mass is 16.5. The van der Waals surface area contributed by atoms with Crippen molar-refractivity contribution in [2.24, 2.45) is 5.73 Å². The Morgan fingerprint density at radius 3 is 2.92 bits per heavy atom. The van der Waals surface area contributed by atoms with E-state index in [1.165, 1.54) is 0 Å². The molecule has 0 fully saturated rings. The molecule has 1 atom stereocenters. The van der Waals surface area contributed by atoms with E-state index >= 15 is 0 Å². The van der Waals surface area contributed by atoms with Crippen LogP contribution in [0.2, 0.25) is 0 Å². The molecular weight excluding hydrogens is 156 g/mol. The minimum atomic E-state index is -1.04. The van der Waals surface area contributed by atoms with Gasteiger partial charge in [0, 0.05) is 11.8 Å². The monoisotopic (exact) mass is 168 g/mol. The van der Waals surface area contributed by atoms with Crippen LogP contribution in [0.5, 0.6) is 5.75 Å². The molecule has 0 bridgehead atoms. The smallest absolute Gasteiger partial charge is 0.178 e. The number of nitrogens with one attached hydrogen (secondary N) is 1. The van der Waals surface area contributed by atoms with Gasteiger partial charge in [0.25, 0.3) is 0 Å². The highest BCUT2D eigenvalue weighted by Crippen LogP contribution is 2.16. The first-order valence-electron chi connectivity index (χ1n) is 3.56. The number of anilines is 1. The van der Waals surface area contributed by atoms with Gasteiger partial charge >= 0.3 is 0 Å². The van der Waals surface area contributed by atoms with E-state index in [2.05, 4.69) is 5.32 Å². The molecule has 4 nitrogen and oxygen atoms in total. The maximum atomic E-state index is 8.80. The summed E-state index contributed by atoms with van der Waals surface area (Å²) in [5.74, 6) is 0.723. The third-order valence-electron chi connectivity index (χ3n) is 1.38. The summed E-state index contributed by atoms with van der Waals surface area (Å²) in [5, 5.41) is 11.4. The van der Waals surface area contributed by atoms with Crippen LogP contribution in [0.3, 0.4) is 0 Å². The Bertz CT molecular complexity index is 251. The third-order valence-corrected chi connectivity index (χ3v) is 1.38. The maximum Gasteiger partial charge on any atom is 0.178 e. The normalized spacial score (nSPS) is 12.2. The second-order valence-corrected chi connectivity index (χ2v) is 2.32. The van der Waals surface area contributed by atoms with Crippen molar-refractivity contribution in [2.75, 3.05) is 12.4 Å². The Hall–Kier alpha value is -1.26. The van der Waals surface area contributed by atoms with Crippen molar-refractivity contribution in [3.8, 4) is 5.75 Å². The molecule has 1 aromatic rings. The molecule has 4 N–H and O–H groups in total. The van der Waals surface area contributed by atoms with E-state index < -0.39 is 6.35 Å². The lowest BCUT2D eigenvalue weighted by molar-refractivity contribution is 0.212. The quantitative estimate of drug-likeness (QED) is 0.569. The van der Waals surface area contributed by atoms with E-state index in [0.29, 0.717) is 0 Å². The second-order valence-electron chi connectivity index (χ2n) is 2.32. The van der Waals surface area contributed by atoms with Crippen LogP contribution in [0.4, 0.5) is 5.69 Å². The van der Waals surface area contributed by atoms with Crippen LogP contribution >= 0.6 is 0 Å². The first kappa shape index (κ1) is 8.83. The van der Waals surface area contributed by atoms with Crippen LogP contribution in [0.1, 0.15) is 0 Å². The summed E-state index contributed by atoms with van der Waals surface area (Å²) < 4.78 is 4.97. The molecule has 1 unspecified atom stereocenters. The summed E-state index contributed by atoms with van der Waals surface area (Å²) in [6.07, 6.45) is -1.04. The molecule has 0 radical (unpaired) electrons. The highest BCUT2D eigenvalue weighted by molar-refractivity contribution is 5.48. The van der Waals surface area contributed by atoms with Crippen LogP contribution in [-0.4, -0.2) is 18.6 Å². The predicted octanol–water partition coefficient (Wildman–Crippen LogP) is 0.342. The summed E-state index contributed by atoms with van der Waals surface area (Å²) in [5.41, 5.74) is 5.85. The van der Waals surface area contributed by atoms with E-state index in [1.807, 2.05) is 12.1 Å². The first-order valence-corrected chi connectivity index (χ1v) is 3.56. The standard InChI is InChI=1S/C8H12N2O2/c1-12-7-4-2-3-6(5-7)10-8(9)11/h2-5,8,10-11H,9H2,1H3. The van der Waals surface area contributed by atoms with Gasteiger partial charge in [0.05, 0.1) is 7.11 Å². The summed E-state index contributed by atoms with van der Waals surface area (Å²) in [4.78, 5) is 0. The second kappa shape index (κ2) is 3.94. The van der Waals surface area contributed by atoms with Gasteiger partial charge in [0.1, 0.15) is 5.75 Å². The Morgan fingerprint density at radius 2 is 2.33 bits per heavy atom. The fourth-order valence-electron chi connectivity index (χ4n) is 0.884. The molecule has 0 heterocycles. The van der Waals surface area contributed by atoms with Crippen LogP contribution < -0.4 is 15.8 Å². The zero-order chi connectivity index (χ0) is 8.97. The number of aliphatic hydroxyl groups excluding tert-OH is 1. The SMILES string of the molecule is COc1cccc(NC(N)O)c1. The minimum Gasteiger partial charge on any atom is -0.497 e. The molecule has 12 heavy (non-hydrogen) atoms. The zero-order valence-corrected chi connectivity index (χ0v) is 6.82. The Balaban J connectivity index is 2.72. The van der Waals surface area contributed by atoms with Gasteiger partial charge in [-0.15, -0.1) is 0 Å². The van der Waals surface area contributed by atoms with Gasteiger partial charge in [0.2, 0.25) is 0 Å². The van der Waals surface area contributed by atoms with Crippen molar-refractivity contribution in [1.82, 2.24) is 0 Å².